The average molecular weight is 319 g/mol. The van der Waals surface area contributed by atoms with Crippen molar-refractivity contribution in [1.82, 2.24) is 4.90 Å². The van der Waals surface area contributed by atoms with Gasteiger partial charge in [0, 0.05) is 31.0 Å². The molecule has 1 amide bonds. The molecule has 2 atom stereocenters. The second-order valence-electron chi connectivity index (χ2n) is 6.80. The third kappa shape index (κ3) is 2.18. The summed E-state index contributed by atoms with van der Waals surface area (Å²) in [7, 11) is -1.99. The number of carbonyl (C=O) groups is 2. The van der Waals surface area contributed by atoms with Crippen molar-refractivity contribution in [3.8, 4) is 0 Å². The monoisotopic (exact) mass is 319 g/mol. The van der Waals surface area contributed by atoms with Crippen molar-refractivity contribution in [2.24, 2.45) is 0 Å². The summed E-state index contributed by atoms with van der Waals surface area (Å²) in [6.45, 7) is 8.17. The molecule has 0 unspecified atom stereocenters. The largest absolute Gasteiger partial charge is 0.457 e. The quantitative estimate of drug-likeness (QED) is 0.634. The molecule has 0 N–H and O–H groups in total. The molecule has 0 bridgehead atoms. The van der Waals surface area contributed by atoms with Gasteiger partial charge in [-0.3, -0.25) is 9.59 Å². The fraction of sp³-hybridized carbons (Fsp3) is 0.500. The molecule has 2 heterocycles. The molecule has 0 saturated carbocycles. The van der Waals surface area contributed by atoms with Crippen LogP contribution >= 0.6 is 0 Å². The van der Waals surface area contributed by atoms with E-state index in [0.717, 1.165) is 5.56 Å². The van der Waals surface area contributed by atoms with E-state index in [0.29, 0.717) is 18.5 Å². The van der Waals surface area contributed by atoms with E-state index in [2.05, 4.69) is 19.6 Å². The van der Waals surface area contributed by atoms with E-state index in [4.69, 9.17) is 9.16 Å². The van der Waals surface area contributed by atoms with Crippen LogP contribution in [0, 0.1) is 0 Å². The summed E-state index contributed by atoms with van der Waals surface area (Å²) in [6, 6.07) is 7.47. The Labute approximate surface area is 131 Å². The van der Waals surface area contributed by atoms with Crippen LogP contribution in [0.25, 0.3) is 0 Å². The van der Waals surface area contributed by atoms with Gasteiger partial charge in [0.2, 0.25) is 0 Å². The van der Waals surface area contributed by atoms with Gasteiger partial charge in [-0.25, -0.2) is 0 Å². The predicted octanol–water partition coefficient (Wildman–Crippen LogP) is 2.48. The van der Waals surface area contributed by atoms with E-state index >= 15 is 0 Å². The van der Waals surface area contributed by atoms with Crippen LogP contribution in [-0.2, 0) is 19.7 Å². The first kappa shape index (κ1) is 15.2. The van der Waals surface area contributed by atoms with Crippen molar-refractivity contribution in [2.45, 2.75) is 44.8 Å². The Hall–Kier alpha value is -1.66. The van der Waals surface area contributed by atoms with Gasteiger partial charge in [-0.15, -0.1) is 0 Å². The van der Waals surface area contributed by atoms with Crippen LogP contribution < -0.4 is 0 Å². The molecule has 22 heavy (non-hydrogen) atoms. The number of carbonyl (C=O) groups excluding carboxylic acids is 2. The van der Waals surface area contributed by atoms with Crippen molar-refractivity contribution in [3.05, 3.63) is 35.4 Å². The minimum Gasteiger partial charge on any atom is -0.457 e. The highest BCUT2D eigenvalue weighted by Gasteiger charge is 2.62. The van der Waals surface area contributed by atoms with Gasteiger partial charge in [-0.2, -0.15) is 0 Å². The van der Waals surface area contributed by atoms with Gasteiger partial charge in [0.15, 0.2) is 20.1 Å². The van der Waals surface area contributed by atoms with Crippen LogP contribution in [0.15, 0.2) is 24.3 Å². The Morgan fingerprint density at radius 1 is 1.32 bits per heavy atom. The maximum Gasteiger partial charge on any atom is 0.303 e. The smallest absolute Gasteiger partial charge is 0.303 e. The Balaban J connectivity index is 2.16. The molecular formula is C16H21NO4Si. The average Bonchev–Trinajstić information content (AvgIpc) is 2.85. The second kappa shape index (κ2) is 4.92. The maximum absolute atomic E-state index is 12.7. The Kier molecular flexibility index (Phi) is 3.41. The maximum atomic E-state index is 12.7. The lowest BCUT2D eigenvalue weighted by molar-refractivity contribution is -0.168. The molecule has 1 saturated heterocycles. The van der Waals surface area contributed by atoms with Crippen LogP contribution in [-0.4, -0.2) is 37.7 Å². The highest BCUT2D eigenvalue weighted by Crippen LogP contribution is 2.50. The molecule has 5 nitrogen and oxygen atoms in total. The van der Waals surface area contributed by atoms with E-state index in [1.54, 1.807) is 4.90 Å². The molecule has 0 aromatic heterocycles. The van der Waals surface area contributed by atoms with Crippen LogP contribution in [0.5, 0.6) is 0 Å². The number of benzene rings is 1. The first-order valence-corrected chi connectivity index (χ1v) is 11.0. The number of hydrogen-bond acceptors (Lipinski definition) is 4. The lowest BCUT2D eigenvalue weighted by Gasteiger charge is -2.41. The molecule has 0 aliphatic carbocycles. The Morgan fingerprint density at radius 2 is 2.00 bits per heavy atom. The van der Waals surface area contributed by atoms with Crippen LogP contribution in [0.1, 0.15) is 29.3 Å². The number of nitrogens with zero attached hydrogens (tertiary/aromatic N) is 1. The SMILES string of the molecule is CC(=O)O[C@@H]1CCN2C(=O)c3ccccc3[C@]12O[Si](C)(C)C. The minimum atomic E-state index is -1.99. The Bertz CT molecular complexity index is 639. The summed E-state index contributed by atoms with van der Waals surface area (Å²) in [6.07, 6.45) is 0.147. The highest BCUT2D eigenvalue weighted by molar-refractivity contribution is 6.69. The molecule has 0 radical (unpaired) electrons. The predicted molar refractivity (Wildman–Crippen MR) is 83.8 cm³/mol. The summed E-state index contributed by atoms with van der Waals surface area (Å²) in [5.74, 6) is -0.384. The summed E-state index contributed by atoms with van der Waals surface area (Å²) in [5, 5.41) is 0. The van der Waals surface area contributed by atoms with Gasteiger partial charge >= 0.3 is 5.97 Å². The minimum absolute atomic E-state index is 0.0384. The summed E-state index contributed by atoms with van der Waals surface area (Å²) in [5.41, 5.74) is 0.521. The molecule has 118 valence electrons. The zero-order chi connectivity index (χ0) is 16.1. The fourth-order valence-corrected chi connectivity index (χ4v) is 4.75. The van der Waals surface area contributed by atoms with Crippen molar-refractivity contribution in [1.29, 1.82) is 0 Å². The van der Waals surface area contributed by atoms with Crippen molar-refractivity contribution in [2.75, 3.05) is 6.54 Å². The van der Waals surface area contributed by atoms with Gasteiger partial charge in [0.25, 0.3) is 5.91 Å². The van der Waals surface area contributed by atoms with Crippen molar-refractivity contribution < 1.29 is 18.8 Å². The number of amides is 1. The van der Waals surface area contributed by atoms with Gasteiger partial charge in [0.05, 0.1) is 0 Å². The summed E-state index contributed by atoms with van der Waals surface area (Å²) >= 11 is 0. The van der Waals surface area contributed by atoms with E-state index in [9.17, 15) is 9.59 Å². The Morgan fingerprint density at radius 3 is 2.64 bits per heavy atom. The molecular weight excluding hydrogens is 298 g/mol. The fourth-order valence-electron chi connectivity index (χ4n) is 3.46. The normalized spacial score (nSPS) is 26.8. The first-order valence-electron chi connectivity index (χ1n) is 7.54. The van der Waals surface area contributed by atoms with Crippen LogP contribution in [0.2, 0.25) is 19.6 Å². The van der Waals surface area contributed by atoms with Gasteiger partial charge in [-0.05, 0) is 25.7 Å². The van der Waals surface area contributed by atoms with E-state index in [-0.39, 0.29) is 11.9 Å². The summed E-state index contributed by atoms with van der Waals surface area (Å²) < 4.78 is 12.0. The standard InChI is InChI=1S/C16H21NO4Si/c1-11(18)20-14-9-10-17-15(19)12-7-5-6-8-13(12)16(14,17)21-22(2,3)4/h5-8,14H,9-10H2,1-4H3/t14-,16+/m1/s1. The van der Waals surface area contributed by atoms with E-state index < -0.39 is 20.1 Å². The number of ether oxygens (including phenoxy) is 1. The highest BCUT2D eigenvalue weighted by atomic mass is 28.4. The topological polar surface area (TPSA) is 55.8 Å². The third-order valence-corrected chi connectivity index (χ3v) is 4.93. The second-order valence-corrected chi connectivity index (χ2v) is 11.2. The third-order valence-electron chi connectivity index (χ3n) is 4.01. The van der Waals surface area contributed by atoms with Crippen LogP contribution in [0.3, 0.4) is 0 Å². The number of rotatable bonds is 3. The lowest BCUT2D eigenvalue weighted by Crippen LogP contribution is -2.53. The number of esters is 1. The summed E-state index contributed by atoms with van der Waals surface area (Å²) in [4.78, 5) is 26.0. The molecule has 2 aliphatic rings. The molecule has 1 aromatic rings. The molecule has 2 aliphatic heterocycles. The number of hydrogen-bond donors (Lipinski definition) is 0. The van der Waals surface area contributed by atoms with E-state index in [1.165, 1.54) is 6.92 Å². The van der Waals surface area contributed by atoms with Crippen molar-refractivity contribution in [3.63, 3.8) is 0 Å². The molecule has 3 rings (SSSR count). The zero-order valence-corrected chi connectivity index (χ0v) is 14.4. The van der Waals surface area contributed by atoms with Crippen molar-refractivity contribution >= 4 is 20.2 Å². The molecule has 1 fully saturated rings. The number of fused-ring (bicyclic) bond motifs is 3. The van der Waals surface area contributed by atoms with Crippen LogP contribution in [0.4, 0.5) is 0 Å². The van der Waals surface area contributed by atoms with E-state index in [1.807, 2.05) is 24.3 Å². The van der Waals surface area contributed by atoms with Gasteiger partial charge in [0.1, 0.15) is 0 Å². The zero-order valence-electron chi connectivity index (χ0n) is 13.4. The molecule has 1 aromatic carbocycles. The molecule has 0 spiro atoms. The van der Waals surface area contributed by atoms with Gasteiger partial charge in [-0.1, -0.05) is 18.2 Å². The first-order chi connectivity index (χ1) is 10.3. The lowest BCUT2D eigenvalue weighted by atomic mass is 9.97. The van der Waals surface area contributed by atoms with Gasteiger partial charge < -0.3 is 14.1 Å². The molecule has 6 heteroatoms.